The van der Waals surface area contributed by atoms with Crippen LogP contribution in [0.2, 0.25) is 0 Å². The van der Waals surface area contributed by atoms with Crippen LogP contribution in [0.1, 0.15) is 32.1 Å². The van der Waals surface area contributed by atoms with Crippen LogP contribution in [-0.2, 0) is 4.79 Å². The Morgan fingerprint density at radius 3 is 2.67 bits per heavy atom. The standard InChI is InChI=1S/C16H21NO/c1-17(13-7-3-2-4-8-13)16(18)15-11-10-12-6-5-9-14(12)15/h2-4,7-8,12,14-15H,5-6,9-11H2,1H3/t12-,14-,15+/m1/s1. The van der Waals surface area contributed by atoms with Gasteiger partial charge >= 0.3 is 0 Å². The predicted octanol–water partition coefficient (Wildman–Crippen LogP) is 3.48. The fourth-order valence-electron chi connectivity index (χ4n) is 3.90. The molecule has 18 heavy (non-hydrogen) atoms. The third kappa shape index (κ3) is 1.94. The number of hydrogen-bond donors (Lipinski definition) is 0. The summed E-state index contributed by atoms with van der Waals surface area (Å²) in [5.41, 5.74) is 1.02. The van der Waals surface area contributed by atoms with Gasteiger partial charge in [0.15, 0.2) is 0 Å². The Kier molecular flexibility index (Phi) is 3.11. The molecule has 3 atom stereocenters. The average Bonchev–Trinajstić information content (AvgIpc) is 3.00. The molecule has 1 aromatic rings. The van der Waals surface area contributed by atoms with Crippen molar-refractivity contribution in [2.75, 3.05) is 11.9 Å². The van der Waals surface area contributed by atoms with E-state index >= 15 is 0 Å². The number of para-hydroxylation sites is 1. The van der Waals surface area contributed by atoms with Gasteiger partial charge in [-0.05, 0) is 43.2 Å². The Hall–Kier alpha value is -1.31. The lowest BCUT2D eigenvalue weighted by Crippen LogP contribution is -2.34. The van der Waals surface area contributed by atoms with Crippen LogP contribution in [0, 0.1) is 17.8 Å². The number of carbonyl (C=O) groups is 1. The first-order valence-electron chi connectivity index (χ1n) is 7.10. The lowest BCUT2D eigenvalue weighted by Gasteiger charge is -2.24. The van der Waals surface area contributed by atoms with Crippen LogP contribution in [0.25, 0.3) is 0 Å². The van der Waals surface area contributed by atoms with Crippen molar-refractivity contribution < 1.29 is 4.79 Å². The van der Waals surface area contributed by atoms with E-state index in [1.54, 1.807) is 0 Å². The van der Waals surface area contributed by atoms with Crippen LogP contribution in [-0.4, -0.2) is 13.0 Å². The third-order valence-electron chi connectivity index (χ3n) is 4.87. The predicted molar refractivity (Wildman–Crippen MR) is 73.4 cm³/mol. The van der Waals surface area contributed by atoms with Crippen molar-refractivity contribution in [3.8, 4) is 0 Å². The van der Waals surface area contributed by atoms with Crippen molar-refractivity contribution in [2.24, 2.45) is 17.8 Å². The van der Waals surface area contributed by atoms with Gasteiger partial charge in [-0.1, -0.05) is 31.0 Å². The summed E-state index contributed by atoms with van der Waals surface area (Å²) in [6, 6.07) is 10.0. The first kappa shape index (κ1) is 11.8. The van der Waals surface area contributed by atoms with Gasteiger partial charge in [-0.15, -0.1) is 0 Å². The molecule has 0 aromatic heterocycles. The fourth-order valence-corrected chi connectivity index (χ4v) is 3.90. The largest absolute Gasteiger partial charge is 0.315 e. The second kappa shape index (κ2) is 4.75. The SMILES string of the molecule is CN(C(=O)[C@H]1CC[C@H]2CCC[C@H]21)c1ccccc1. The Morgan fingerprint density at radius 1 is 1.11 bits per heavy atom. The molecule has 0 aliphatic heterocycles. The van der Waals surface area contributed by atoms with Crippen molar-refractivity contribution in [3.05, 3.63) is 30.3 Å². The summed E-state index contributed by atoms with van der Waals surface area (Å²) in [4.78, 5) is 14.5. The third-order valence-corrected chi connectivity index (χ3v) is 4.87. The molecule has 0 radical (unpaired) electrons. The maximum absolute atomic E-state index is 12.6. The van der Waals surface area contributed by atoms with E-state index in [2.05, 4.69) is 0 Å². The van der Waals surface area contributed by atoms with E-state index in [0.717, 1.165) is 18.0 Å². The van der Waals surface area contributed by atoms with Gasteiger partial charge in [0, 0.05) is 18.7 Å². The van der Waals surface area contributed by atoms with Crippen molar-refractivity contribution >= 4 is 11.6 Å². The van der Waals surface area contributed by atoms with Crippen molar-refractivity contribution in [1.82, 2.24) is 0 Å². The number of nitrogens with zero attached hydrogens (tertiary/aromatic N) is 1. The molecule has 2 heteroatoms. The summed E-state index contributed by atoms with van der Waals surface area (Å²) in [6.07, 6.45) is 6.32. The topological polar surface area (TPSA) is 20.3 Å². The van der Waals surface area contributed by atoms with Crippen LogP contribution in [0.15, 0.2) is 30.3 Å². The number of carbonyl (C=O) groups excluding carboxylic acids is 1. The molecular weight excluding hydrogens is 222 g/mol. The smallest absolute Gasteiger partial charge is 0.230 e. The normalized spacial score (nSPS) is 30.2. The molecule has 0 N–H and O–H groups in total. The minimum absolute atomic E-state index is 0.280. The van der Waals surface area contributed by atoms with Gasteiger partial charge < -0.3 is 4.90 Å². The van der Waals surface area contributed by atoms with E-state index in [1.807, 2.05) is 42.3 Å². The van der Waals surface area contributed by atoms with Crippen LogP contribution in [0.3, 0.4) is 0 Å². The summed E-state index contributed by atoms with van der Waals surface area (Å²) < 4.78 is 0. The van der Waals surface area contributed by atoms with Gasteiger partial charge in [-0.25, -0.2) is 0 Å². The quantitative estimate of drug-likeness (QED) is 0.778. The Labute approximate surface area is 109 Å². The van der Waals surface area contributed by atoms with Gasteiger partial charge in [-0.2, -0.15) is 0 Å². The van der Waals surface area contributed by atoms with E-state index < -0.39 is 0 Å². The summed E-state index contributed by atoms with van der Waals surface area (Å²) in [6.45, 7) is 0. The minimum atomic E-state index is 0.280. The molecule has 2 saturated carbocycles. The molecule has 2 nitrogen and oxygen atoms in total. The second-order valence-electron chi connectivity index (χ2n) is 5.77. The highest BCUT2D eigenvalue weighted by atomic mass is 16.2. The molecule has 0 spiro atoms. The average molecular weight is 243 g/mol. The lowest BCUT2D eigenvalue weighted by atomic mass is 9.91. The van der Waals surface area contributed by atoms with E-state index in [1.165, 1.54) is 25.7 Å². The highest BCUT2D eigenvalue weighted by Crippen LogP contribution is 2.48. The molecule has 1 amide bonds. The van der Waals surface area contributed by atoms with E-state index in [0.29, 0.717) is 11.8 Å². The zero-order valence-electron chi connectivity index (χ0n) is 11.0. The van der Waals surface area contributed by atoms with Crippen LogP contribution in [0.5, 0.6) is 0 Å². The maximum atomic E-state index is 12.6. The molecule has 0 bridgehead atoms. The summed E-state index contributed by atoms with van der Waals surface area (Å²) in [5, 5.41) is 0. The zero-order valence-corrected chi connectivity index (χ0v) is 11.0. The number of fused-ring (bicyclic) bond motifs is 1. The van der Waals surface area contributed by atoms with Crippen LogP contribution in [0.4, 0.5) is 5.69 Å². The fraction of sp³-hybridized carbons (Fsp3) is 0.562. The lowest BCUT2D eigenvalue weighted by molar-refractivity contribution is -0.123. The van der Waals surface area contributed by atoms with E-state index in [9.17, 15) is 4.79 Å². The zero-order chi connectivity index (χ0) is 12.5. The van der Waals surface area contributed by atoms with Crippen LogP contribution >= 0.6 is 0 Å². The molecule has 2 aliphatic carbocycles. The first-order valence-corrected chi connectivity index (χ1v) is 7.10. The van der Waals surface area contributed by atoms with E-state index in [-0.39, 0.29) is 5.92 Å². The van der Waals surface area contributed by atoms with Gasteiger partial charge in [-0.3, -0.25) is 4.79 Å². The summed E-state index contributed by atoms with van der Waals surface area (Å²) in [5.74, 6) is 2.12. The Bertz CT molecular complexity index is 428. The number of amides is 1. The molecular formula is C16H21NO. The molecule has 1 aromatic carbocycles. The molecule has 0 saturated heterocycles. The number of hydrogen-bond acceptors (Lipinski definition) is 1. The second-order valence-corrected chi connectivity index (χ2v) is 5.77. The molecule has 3 rings (SSSR count). The number of rotatable bonds is 2. The Morgan fingerprint density at radius 2 is 1.89 bits per heavy atom. The molecule has 96 valence electrons. The van der Waals surface area contributed by atoms with E-state index in [4.69, 9.17) is 0 Å². The minimum Gasteiger partial charge on any atom is -0.315 e. The molecule has 2 fully saturated rings. The first-order chi connectivity index (χ1) is 8.77. The molecule has 0 heterocycles. The monoisotopic (exact) mass is 243 g/mol. The van der Waals surface area contributed by atoms with Gasteiger partial charge in [0.1, 0.15) is 0 Å². The summed E-state index contributed by atoms with van der Waals surface area (Å²) in [7, 11) is 1.92. The Balaban J connectivity index is 1.75. The van der Waals surface area contributed by atoms with Gasteiger partial charge in [0.05, 0.1) is 0 Å². The highest BCUT2D eigenvalue weighted by Gasteiger charge is 2.43. The molecule has 0 unspecified atom stereocenters. The number of benzene rings is 1. The van der Waals surface area contributed by atoms with Crippen LogP contribution < -0.4 is 4.90 Å². The van der Waals surface area contributed by atoms with Gasteiger partial charge in [0.2, 0.25) is 5.91 Å². The highest BCUT2D eigenvalue weighted by molar-refractivity contribution is 5.94. The molecule has 2 aliphatic rings. The number of anilines is 1. The van der Waals surface area contributed by atoms with Crippen molar-refractivity contribution in [2.45, 2.75) is 32.1 Å². The maximum Gasteiger partial charge on any atom is 0.230 e. The van der Waals surface area contributed by atoms with Gasteiger partial charge in [0.25, 0.3) is 0 Å². The van der Waals surface area contributed by atoms with Crippen molar-refractivity contribution in [3.63, 3.8) is 0 Å². The van der Waals surface area contributed by atoms with Crippen molar-refractivity contribution in [1.29, 1.82) is 0 Å². The summed E-state index contributed by atoms with van der Waals surface area (Å²) >= 11 is 0.